The van der Waals surface area contributed by atoms with E-state index in [4.69, 9.17) is 4.74 Å². The van der Waals surface area contributed by atoms with E-state index >= 15 is 0 Å². The lowest BCUT2D eigenvalue weighted by Crippen LogP contribution is -2.44. The van der Waals surface area contributed by atoms with Crippen molar-refractivity contribution in [2.24, 2.45) is 5.92 Å². The number of nitrogens with one attached hydrogen (secondary N) is 1. The number of carbonyl (C=O) groups is 2. The molecule has 1 amide bonds. The first-order chi connectivity index (χ1) is 9.69. The first-order valence-corrected chi connectivity index (χ1v) is 7.91. The van der Waals surface area contributed by atoms with E-state index in [2.05, 4.69) is 19.2 Å². The van der Waals surface area contributed by atoms with Crippen LogP contribution in [0, 0.1) is 5.92 Å². The van der Waals surface area contributed by atoms with Crippen LogP contribution >= 0.6 is 0 Å². The molecule has 0 aliphatic rings. The van der Waals surface area contributed by atoms with Crippen LogP contribution in [0.3, 0.4) is 0 Å². The zero-order chi connectivity index (χ0) is 16.5. The number of amides is 1. The van der Waals surface area contributed by atoms with Gasteiger partial charge < -0.3 is 15.2 Å². The fraction of sp³-hybridized carbons (Fsp3) is 0.875. The molecule has 0 saturated heterocycles. The zero-order valence-electron chi connectivity index (χ0n) is 14.1. The van der Waals surface area contributed by atoms with Crippen LogP contribution < -0.4 is 5.32 Å². The third kappa shape index (κ3) is 10.2. The van der Waals surface area contributed by atoms with Crippen LogP contribution in [0.25, 0.3) is 0 Å². The maximum atomic E-state index is 11.7. The molecule has 0 aromatic carbocycles. The van der Waals surface area contributed by atoms with E-state index in [1.807, 2.05) is 0 Å². The first-order valence-electron chi connectivity index (χ1n) is 7.91. The summed E-state index contributed by atoms with van der Waals surface area (Å²) in [4.78, 5) is 23.0. The number of hydrogen-bond acceptors (Lipinski definition) is 3. The quantitative estimate of drug-likeness (QED) is 0.632. The second-order valence-electron chi connectivity index (χ2n) is 6.54. The van der Waals surface area contributed by atoms with Gasteiger partial charge in [0.1, 0.15) is 11.6 Å². The van der Waals surface area contributed by atoms with Crippen LogP contribution in [-0.2, 0) is 9.53 Å². The number of carboxylic acids is 1. The summed E-state index contributed by atoms with van der Waals surface area (Å²) in [5.41, 5.74) is -0.627. The van der Waals surface area contributed by atoms with E-state index < -0.39 is 23.7 Å². The third-order valence-corrected chi connectivity index (χ3v) is 3.35. The van der Waals surface area contributed by atoms with Crippen molar-refractivity contribution in [3.63, 3.8) is 0 Å². The Bertz CT molecular complexity index is 323. The molecule has 0 bridgehead atoms. The van der Waals surface area contributed by atoms with Crippen LogP contribution in [-0.4, -0.2) is 28.8 Å². The number of carboxylic acid groups (broad SMARTS) is 1. The Hall–Kier alpha value is -1.26. The van der Waals surface area contributed by atoms with Gasteiger partial charge in [-0.15, -0.1) is 0 Å². The number of unbranched alkanes of at least 4 members (excludes halogenated alkanes) is 2. The number of hydrogen-bond donors (Lipinski definition) is 2. The normalized spacial score (nSPS) is 14.3. The molecule has 2 atom stereocenters. The topological polar surface area (TPSA) is 75.6 Å². The molecule has 0 fully saturated rings. The fourth-order valence-electron chi connectivity index (χ4n) is 2.18. The first kappa shape index (κ1) is 19.7. The second-order valence-corrected chi connectivity index (χ2v) is 6.54. The van der Waals surface area contributed by atoms with Gasteiger partial charge >= 0.3 is 12.1 Å². The van der Waals surface area contributed by atoms with Crippen molar-refractivity contribution in [1.82, 2.24) is 5.32 Å². The molecular weight excluding hydrogens is 270 g/mol. The van der Waals surface area contributed by atoms with Crippen LogP contribution in [0.5, 0.6) is 0 Å². The summed E-state index contributed by atoms with van der Waals surface area (Å²) < 4.78 is 5.12. The molecule has 5 nitrogen and oxygen atoms in total. The van der Waals surface area contributed by atoms with Crippen LogP contribution in [0.4, 0.5) is 4.79 Å². The molecule has 21 heavy (non-hydrogen) atoms. The summed E-state index contributed by atoms with van der Waals surface area (Å²) in [5.74, 6) is -0.692. The lowest BCUT2D eigenvalue weighted by molar-refractivity contribution is -0.140. The SMILES string of the molecule is CCCCCC(CC)CC(NC(=O)OC(C)(C)C)C(=O)O. The molecule has 124 valence electrons. The van der Waals surface area contributed by atoms with E-state index in [0.717, 1.165) is 32.1 Å². The Labute approximate surface area is 128 Å². The molecule has 0 aromatic rings. The number of ether oxygens (including phenoxy) is 1. The highest BCUT2D eigenvalue weighted by atomic mass is 16.6. The number of aliphatic carboxylic acids is 1. The molecule has 0 spiro atoms. The Kier molecular flexibility index (Phi) is 9.06. The van der Waals surface area contributed by atoms with Gasteiger partial charge in [-0.05, 0) is 33.1 Å². The Morgan fingerprint density at radius 3 is 2.24 bits per heavy atom. The highest BCUT2D eigenvalue weighted by molar-refractivity contribution is 5.80. The summed E-state index contributed by atoms with van der Waals surface area (Å²) in [6.07, 6.45) is 5.12. The zero-order valence-corrected chi connectivity index (χ0v) is 14.1. The van der Waals surface area contributed by atoms with E-state index in [1.54, 1.807) is 20.8 Å². The maximum absolute atomic E-state index is 11.7. The van der Waals surface area contributed by atoms with Gasteiger partial charge in [0.05, 0.1) is 0 Å². The maximum Gasteiger partial charge on any atom is 0.408 e. The molecule has 0 heterocycles. The van der Waals surface area contributed by atoms with Crippen molar-refractivity contribution in [1.29, 1.82) is 0 Å². The molecule has 0 radical (unpaired) electrons. The van der Waals surface area contributed by atoms with E-state index in [1.165, 1.54) is 0 Å². The second kappa shape index (κ2) is 9.64. The Balaban J connectivity index is 4.46. The van der Waals surface area contributed by atoms with Crippen molar-refractivity contribution in [2.45, 2.75) is 84.8 Å². The molecule has 0 aliphatic heterocycles. The van der Waals surface area contributed by atoms with Crippen molar-refractivity contribution in [3.8, 4) is 0 Å². The lowest BCUT2D eigenvalue weighted by Gasteiger charge is -2.24. The molecule has 0 rings (SSSR count). The predicted molar refractivity (Wildman–Crippen MR) is 83.3 cm³/mol. The van der Waals surface area contributed by atoms with Gasteiger partial charge in [0.25, 0.3) is 0 Å². The predicted octanol–water partition coefficient (Wildman–Crippen LogP) is 3.96. The van der Waals surface area contributed by atoms with Gasteiger partial charge in [-0.1, -0.05) is 46.0 Å². The Morgan fingerprint density at radius 1 is 1.19 bits per heavy atom. The van der Waals surface area contributed by atoms with Gasteiger partial charge in [0.15, 0.2) is 0 Å². The molecular formula is C16H31NO4. The van der Waals surface area contributed by atoms with Gasteiger partial charge in [-0.25, -0.2) is 9.59 Å². The van der Waals surface area contributed by atoms with Crippen LogP contribution in [0.2, 0.25) is 0 Å². The number of rotatable bonds is 9. The largest absolute Gasteiger partial charge is 0.480 e. The minimum atomic E-state index is -1.00. The highest BCUT2D eigenvalue weighted by Gasteiger charge is 2.26. The minimum Gasteiger partial charge on any atom is -0.480 e. The van der Waals surface area contributed by atoms with Gasteiger partial charge in [0.2, 0.25) is 0 Å². The molecule has 5 heteroatoms. The molecule has 0 saturated carbocycles. The summed E-state index contributed by atoms with van der Waals surface area (Å²) in [6.45, 7) is 9.46. The third-order valence-electron chi connectivity index (χ3n) is 3.35. The van der Waals surface area contributed by atoms with E-state index in [0.29, 0.717) is 12.3 Å². The smallest absolute Gasteiger partial charge is 0.408 e. The molecule has 0 aromatic heterocycles. The van der Waals surface area contributed by atoms with E-state index in [-0.39, 0.29) is 0 Å². The average Bonchev–Trinajstić information content (AvgIpc) is 2.34. The average molecular weight is 301 g/mol. The van der Waals surface area contributed by atoms with Crippen LogP contribution in [0.1, 0.15) is 73.1 Å². The standard InChI is InChI=1S/C16H31NO4/c1-6-8-9-10-12(7-2)11-13(14(18)19)17-15(20)21-16(3,4)5/h12-13H,6-11H2,1-5H3,(H,17,20)(H,18,19). The monoisotopic (exact) mass is 301 g/mol. The summed E-state index contributed by atoms with van der Waals surface area (Å²) in [6, 6.07) is -0.883. The van der Waals surface area contributed by atoms with Gasteiger partial charge in [-0.3, -0.25) is 0 Å². The molecule has 2 unspecified atom stereocenters. The fourth-order valence-corrected chi connectivity index (χ4v) is 2.18. The van der Waals surface area contributed by atoms with Crippen molar-refractivity contribution in [2.75, 3.05) is 0 Å². The molecule has 0 aliphatic carbocycles. The van der Waals surface area contributed by atoms with Gasteiger partial charge in [0, 0.05) is 0 Å². The number of carbonyl (C=O) groups excluding carboxylic acids is 1. The van der Waals surface area contributed by atoms with Crippen molar-refractivity contribution in [3.05, 3.63) is 0 Å². The van der Waals surface area contributed by atoms with Crippen LogP contribution in [0.15, 0.2) is 0 Å². The highest BCUT2D eigenvalue weighted by Crippen LogP contribution is 2.19. The van der Waals surface area contributed by atoms with Gasteiger partial charge in [-0.2, -0.15) is 0 Å². The van der Waals surface area contributed by atoms with E-state index in [9.17, 15) is 14.7 Å². The van der Waals surface area contributed by atoms with Crippen molar-refractivity contribution < 1.29 is 19.4 Å². The summed E-state index contributed by atoms with van der Waals surface area (Å²) >= 11 is 0. The Morgan fingerprint density at radius 2 is 1.81 bits per heavy atom. The summed E-state index contributed by atoms with van der Waals surface area (Å²) in [5, 5.41) is 11.7. The van der Waals surface area contributed by atoms with Crippen molar-refractivity contribution >= 4 is 12.1 Å². The lowest BCUT2D eigenvalue weighted by atomic mass is 9.92. The summed E-state index contributed by atoms with van der Waals surface area (Å²) in [7, 11) is 0. The molecule has 2 N–H and O–H groups in total. The number of alkyl carbamates (subject to hydrolysis) is 1. The minimum absolute atomic E-state index is 0.313.